The molecular formula is C22H28O8. The lowest BCUT2D eigenvalue weighted by Gasteiger charge is -2.27. The van der Waals surface area contributed by atoms with Crippen LogP contribution in [0.1, 0.15) is 61.1 Å². The fourth-order valence-electron chi connectivity index (χ4n) is 3.42. The van der Waals surface area contributed by atoms with Crippen LogP contribution in [0.15, 0.2) is 34.3 Å². The van der Waals surface area contributed by atoms with E-state index in [0.29, 0.717) is 6.42 Å². The van der Waals surface area contributed by atoms with E-state index in [1.54, 1.807) is 13.0 Å². The second-order valence-electron chi connectivity index (χ2n) is 7.83. The van der Waals surface area contributed by atoms with Crippen molar-refractivity contribution in [3.05, 3.63) is 47.0 Å². The van der Waals surface area contributed by atoms with Gasteiger partial charge in [-0.25, -0.2) is 9.59 Å². The first-order valence-corrected chi connectivity index (χ1v) is 9.56. The highest BCUT2D eigenvalue weighted by Crippen LogP contribution is 2.35. The molecule has 1 aromatic rings. The van der Waals surface area contributed by atoms with Crippen LogP contribution in [-0.2, 0) is 25.5 Å². The van der Waals surface area contributed by atoms with Gasteiger partial charge in [-0.15, -0.1) is 0 Å². The van der Waals surface area contributed by atoms with Gasteiger partial charge < -0.3 is 24.1 Å². The Hall–Kier alpha value is -2.71. The minimum Gasteiger partial charge on any atom is -0.466 e. The lowest BCUT2D eigenvalue weighted by molar-refractivity contribution is -0.138. The zero-order valence-electron chi connectivity index (χ0n) is 17.7. The summed E-state index contributed by atoms with van der Waals surface area (Å²) in [6, 6.07) is 1.32. The monoisotopic (exact) mass is 420 g/mol. The average molecular weight is 420 g/mol. The summed E-state index contributed by atoms with van der Waals surface area (Å²) < 4.78 is 15.3. The molecule has 0 radical (unpaired) electrons. The van der Waals surface area contributed by atoms with Gasteiger partial charge in [0.05, 0.1) is 14.2 Å². The zero-order chi connectivity index (χ0) is 22.6. The van der Waals surface area contributed by atoms with E-state index < -0.39 is 35.8 Å². The van der Waals surface area contributed by atoms with Crippen molar-refractivity contribution in [1.29, 1.82) is 0 Å². The van der Waals surface area contributed by atoms with Crippen LogP contribution in [-0.4, -0.2) is 47.8 Å². The van der Waals surface area contributed by atoms with Crippen molar-refractivity contribution in [2.75, 3.05) is 14.2 Å². The molecule has 8 nitrogen and oxygen atoms in total. The average Bonchev–Trinajstić information content (AvgIpc) is 3.10. The number of Topliss-reactive ketones (excluding diaryl/α,β-unsaturated/α-hetero) is 1. The molecule has 0 aliphatic carbocycles. The molecule has 0 spiro atoms. The third-order valence-corrected chi connectivity index (χ3v) is 5.26. The normalized spacial score (nSPS) is 25.3. The summed E-state index contributed by atoms with van der Waals surface area (Å²) in [6.07, 6.45) is -0.0535. The first-order valence-electron chi connectivity index (χ1n) is 9.56. The predicted molar refractivity (Wildman–Crippen MR) is 107 cm³/mol. The summed E-state index contributed by atoms with van der Waals surface area (Å²) in [7, 11) is 2.45. The molecule has 0 saturated carbocycles. The highest BCUT2D eigenvalue weighted by molar-refractivity contribution is 5.96. The lowest BCUT2D eigenvalue weighted by Crippen LogP contribution is -2.35. The molecule has 0 saturated heterocycles. The van der Waals surface area contributed by atoms with Crippen LogP contribution in [0.25, 0.3) is 0 Å². The van der Waals surface area contributed by atoms with Gasteiger partial charge in [-0.1, -0.05) is 18.2 Å². The third-order valence-electron chi connectivity index (χ3n) is 5.26. The van der Waals surface area contributed by atoms with Crippen molar-refractivity contribution < 1.29 is 38.5 Å². The van der Waals surface area contributed by atoms with Crippen LogP contribution < -0.4 is 0 Å². The summed E-state index contributed by atoms with van der Waals surface area (Å²) in [5.41, 5.74) is -0.833. The topological polar surface area (TPSA) is 123 Å². The third kappa shape index (κ3) is 5.25. The van der Waals surface area contributed by atoms with Gasteiger partial charge in [0, 0.05) is 24.8 Å². The molecule has 2 N–H and O–H groups in total. The van der Waals surface area contributed by atoms with Crippen LogP contribution in [0.2, 0.25) is 0 Å². The predicted octanol–water partition coefficient (Wildman–Crippen LogP) is 2.44. The summed E-state index contributed by atoms with van der Waals surface area (Å²) >= 11 is 0. The molecule has 30 heavy (non-hydrogen) atoms. The minimum absolute atomic E-state index is 0.0518. The van der Waals surface area contributed by atoms with Gasteiger partial charge >= 0.3 is 11.9 Å². The van der Waals surface area contributed by atoms with E-state index in [1.165, 1.54) is 27.2 Å². The number of ketones is 1. The van der Waals surface area contributed by atoms with E-state index in [-0.39, 0.29) is 41.4 Å². The summed E-state index contributed by atoms with van der Waals surface area (Å²) in [6.45, 7) is 7.06. The van der Waals surface area contributed by atoms with Crippen LogP contribution in [0.4, 0.5) is 0 Å². The Morgan fingerprint density at radius 1 is 1.27 bits per heavy atom. The molecule has 1 aromatic heterocycles. The number of hydrogen-bond acceptors (Lipinski definition) is 8. The summed E-state index contributed by atoms with van der Waals surface area (Å²) in [5.74, 6) is -1.76. The van der Waals surface area contributed by atoms with Gasteiger partial charge in [-0.05, 0) is 32.3 Å². The number of carbonyl (C=O) groups is 3. The molecule has 8 heteroatoms. The van der Waals surface area contributed by atoms with Crippen molar-refractivity contribution in [2.45, 2.75) is 51.2 Å². The number of furan rings is 1. The Balaban J connectivity index is 2.60. The molecule has 2 bridgehead atoms. The van der Waals surface area contributed by atoms with Crippen molar-refractivity contribution in [3.8, 4) is 0 Å². The molecule has 3 atom stereocenters. The van der Waals surface area contributed by atoms with Crippen LogP contribution in [0.3, 0.4) is 0 Å². The number of rotatable bonds is 3. The second-order valence-corrected chi connectivity index (χ2v) is 7.83. The smallest absolute Gasteiger partial charge is 0.341 e. The van der Waals surface area contributed by atoms with Crippen LogP contribution >= 0.6 is 0 Å². The number of ether oxygens (including phenoxy) is 2. The molecule has 0 aromatic carbocycles. The fourth-order valence-corrected chi connectivity index (χ4v) is 3.42. The Morgan fingerprint density at radius 2 is 1.90 bits per heavy atom. The van der Waals surface area contributed by atoms with E-state index in [1.807, 2.05) is 0 Å². The van der Waals surface area contributed by atoms with E-state index in [9.17, 15) is 24.6 Å². The first kappa shape index (κ1) is 23.6. The molecule has 1 aliphatic heterocycles. The zero-order valence-corrected chi connectivity index (χ0v) is 17.7. The molecular weight excluding hydrogens is 392 g/mol. The second kappa shape index (κ2) is 9.40. The highest BCUT2D eigenvalue weighted by Gasteiger charge is 2.38. The molecule has 2 rings (SSSR count). The van der Waals surface area contributed by atoms with Crippen molar-refractivity contribution in [1.82, 2.24) is 0 Å². The molecule has 164 valence electrons. The van der Waals surface area contributed by atoms with E-state index in [4.69, 9.17) is 13.9 Å². The number of esters is 2. The number of aliphatic hydroxyl groups is 2. The molecule has 1 aliphatic rings. The maximum atomic E-state index is 12.5. The standard InChI is InChI=1S/C22H28O8/c1-12(2)13-6-7-14(20(25)28-4)8-15(23)11-22(3,27)19(24)18-10-16(21(26)29-5)17(9-13)30-18/h7,10,13,19,24,27H,1,6,8-9,11H2,2-5H3. The summed E-state index contributed by atoms with van der Waals surface area (Å²) in [4.78, 5) is 36.9. The van der Waals surface area contributed by atoms with Gasteiger partial charge in [0.25, 0.3) is 0 Å². The van der Waals surface area contributed by atoms with Crippen LogP contribution in [0, 0.1) is 5.92 Å². The number of allylic oxidation sites excluding steroid dienone is 2. The maximum absolute atomic E-state index is 12.5. The Kier molecular flexibility index (Phi) is 7.39. The van der Waals surface area contributed by atoms with Gasteiger partial charge in [-0.3, -0.25) is 4.79 Å². The number of carbonyl (C=O) groups excluding carboxylic acids is 3. The fraction of sp³-hybridized carbons (Fsp3) is 0.500. The minimum atomic E-state index is -1.89. The van der Waals surface area contributed by atoms with Gasteiger partial charge in [-0.2, -0.15) is 0 Å². The first-order chi connectivity index (χ1) is 14.0. The van der Waals surface area contributed by atoms with Gasteiger partial charge in [0.2, 0.25) is 0 Å². The molecule has 2 heterocycles. The van der Waals surface area contributed by atoms with Crippen molar-refractivity contribution in [3.63, 3.8) is 0 Å². The molecule has 0 fully saturated rings. The molecule has 3 unspecified atom stereocenters. The summed E-state index contributed by atoms with van der Waals surface area (Å²) in [5, 5.41) is 21.4. The number of fused-ring (bicyclic) bond motifs is 2. The van der Waals surface area contributed by atoms with Crippen LogP contribution in [0.5, 0.6) is 0 Å². The Bertz CT molecular complexity index is 874. The largest absolute Gasteiger partial charge is 0.466 e. The van der Waals surface area contributed by atoms with Gasteiger partial charge in [0.1, 0.15) is 34.6 Å². The Morgan fingerprint density at radius 3 is 2.47 bits per heavy atom. The van der Waals surface area contributed by atoms with Gasteiger partial charge in [0.15, 0.2) is 0 Å². The number of aliphatic hydroxyl groups excluding tert-OH is 1. The maximum Gasteiger partial charge on any atom is 0.341 e. The molecule has 0 amide bonds. The van der Waals surface area contributed by atoms with Crippen molar-refractivity contribution in [2.24, 2.45) is 5.92 Å². The lowest BCUT2D eigenvalue weighted by atomic mass is 9.87. The van der Waals surface area contributed by atoms with E-state index >= 15 is 0 Å². The quantitative estimate of drug-likeness (QED) is 0.565. The number of hydrogen-bond donors (Lipinski definition) is 2. The van der Waals surface area contributed by atoms with Crippen molar-refractivity contribution >= 4 is 17.7 Å². The Labute approximate surface area is 175 Å². The number of methoxy groups -OCH3 is 2. The highest BCUT2D eigenvalue weighted by atomic mass is 16.5. The SMILES string of the molecule is C=C(C)C1CC=C(C(=O)OC)CC(=O)CC(C)(O)C(O)c2cc(C(=O)OC)c(o2)C1. The van der Waals surface area contributed by atoms with E-state index in [2.05, 4.69) is 6.58 Å². The van der Waals surface area contributed by atoms with E-state index in [0.717, 1.165) is 5.57 Å².